The molecule has 5 nitrogen and oxygen atoms in total. The number of amides is 2. The Morgan fingerprint density at radius 3 is 2.28 bits per heavy atom. The van der Waals surface area contributed by atoms with Gasteiger partial charge in [0.2, 0.25) is 0 Å². The molecule has 0 saturated carbocycles. The van der Waals surface area contributed by atoms with E-state index >= 15 is 0 Å². The Kier molecular flexibility index (Phi) is 6.17. The van der Waals surface area contributed by atoms with Crippen LogP contribution in [0.1, 0.15) is 35.7 Å². The van der Waals surface area contributed by atoms with Gasteiger partial charge in [0.15, 0.2) is 6.61 Å². The summed E-state index contributed by atoms with van der Waals surface area (Å²) in [6.07, 6.45) is 0. The fourth-order valence-electron chi connectivity index (χ4n) is 2.30. The van der Waals surface area contributed by atoms with Crippen molar-refractivity contribution < 1.29 is 14.3 Å². The number of carbonyl (C=O) groups excluding carboxylic acids is 2. The summed E-state index contributed by atoms with van der Waals surface area (Å²) in [6, 6.07) is 14.6. The fourth-order valence-corrected chi connectivity index (χ4v) is 2.30. The SMILES string of the molecule is CC(C)c1ccc(OCC(=O)Nc2ccccc2C(=O)N(C)C)cc1. The van der Waals surface area contributed by atoms with Crippen LogP contribution in [0.25, 0.3) is 0 Å². The average Bonchev–Trinajstić information content (AvgIpc) is 2.60. The number of hydrogen-bond donors (Lipinski definition) is 1. The second-order valence-electron chi connectivity index (χ2n) is 6.31. The van der Waals surface area contributed by atoms with Gasteiger partial charge in [-0.25, -0.2) is 0 Å². The number of nitrogens with one attached hydrogen (secondary N) is 1. The molecule has 2 aromatic rings. The molecule has 2 rings (SSSR count). The summed E-state index contributed by atoms with van der Waals surface area (Å²) in [7, 11) is 3.34. The molecule has 0 radical (unpaired) electrons. The Labute approximate surface area is 148 Å². The van der Waals surface area contributed by atoms with E-state index in [4.69, 9.17) is 4.74 Å². The Bertz CT molecular complexity index is 737. The standard InChI is InChI=1S/C20H24N2O3/c1-14(2)15-9-11-16(12-10-15)25-13-19(23)21-18-8-6-5-7-17(18)20(24)22(3)4/h5-12,14H,13H2,1-4H3,(H,21,23). The zero-order valence-corrected chi connectivity index (χ0v) is 15.1. The molecule has 0 fully saturated rings. The summed E-state index contributed by atoms with van der Waals surface area (Å²) < 4.78 is 5.52. The molecular weight excluding hydrogens is 316 g/mol. The molecule has 0 spiro atoms. The van der Waals surface area contributed by atoms with Gasteiger partial charge in [-0.05, 0) is 35.7 Å². The van der Waals surface area contributed by atoms with E-state index in [1.54, 1.807) is 38.4 Å². The largest absolute Gasteiger partial charge is 0.484 e. The van der Waals surface area contributed by atoms with Crippen molar-refractivity contribution in [2.45, 2.75) is 19.8 Å². The van der Waals surface area contributed by atoms with Crippen molar-refractivity contribution in [3.8, 4) is 5.75 Å². The molecule has 132 valence electrons. The predicted molar refractivity (Wildman–Crippen MR) is 99.1 cm³/mol. The van der Waals surface area contributed by atoms with E-state index in [1.165, 1.54) is 10.5 Å². The quantitative estimate of drug-likeness (QED) is 0.875. The van der Waals surface area contributed by atoms with Gasteiger partial charge in [0.1, 0.15) is 5.75 Å². The van der Waals surface area contributed by atoms with Crippen molar-refractivity contribution in [2.24, 2.45) is 0 Å². The zero-order chi connectivity index (χ0) is 18.4. The molecule has 0 unspecified atom stereocenters. The lowest BCUT2D eigenvalue weighted by atomic mass is 10.0. The minimum absolute atomic E-state index is 0.120. The molecule has 0 aromatic heterocycles. The summed E-state index contributed by atoms with van der Waals surface area (Å²) in [5.41, 5.74) is 2.14. The third kappa shape index (κ3) is 5.08. The zero-order valence-electron chi connectivity index (χ0n) is 15.1. The van der Waals surface area contributed by atoms with Gasteiger partial charge in [-0.1, -0.05) is 38.1 Å². The van der Waals surface area contributed by atoms with Crippen LogP contribution >= 0.6 is 0 Å². The fraction of sp³-hybridized carbons (Fsp3) is 0.300. The van der Waals surface area contributed by atoms with E-state index in [2.05, 4.69) is 19.2 Å². The van der Waals surface area contributed by atoms with Gasteiger partial charge in [-0.15, -0.1) is 0 Å². The highest BCUT2D eigenvalue weighted by Crippen LogP contribution is 2.19. The van der Waals surface area contributed by atoms with Gasteiger partial charge in [0.25, 0.3) is 11.8 Å². The van der Waals surface area contributed by atoms with E-state index in [0.29, 0.717) is 22.9 Å². The third-order valence-electron chi connectivity index (χ3n) is 3.75. The molecule has 5 heteroatoms. The minimum atomic E-state index is -0.313. The molecule has 0 heterocycles. The number of benzene rings is 2. The van der Waals surface area contributed by atoms with Crippen LogP contribution in [0.3, 0.4) is 0 Å². The number of nitrogens with zero attached hydrogens (tertiary/aromatic N) is 1. The maximum atomic E-state index is 12.2. The van der Waals surface area contributed by atoms with Gasteiger partial charge < -0.3 is 15.0 Å². The van der Waals surface area contributed by atoms with Crippen molar-refractivity contribution in [3.63, 3.8) is 0 Å². The smallest absolute Gasteiger partial charge is 0.262 e. The summed E-state index contributed by atoms with van der Waals surface area (Å²) >= 11 is 0. The van der Waals surface area contributed by atoms with Crippen molar-refractivity contribution >= 4 is 17.5 Å². The van der Waals surface area contributed by atoms with Gasteiger partial charge >= 0.3 is 0 Å². The number of anilines is 1. The molecule has 25 heavy (non-hydrogen) atoms. The highest BCUT2D eigenvalue weighted by atomic mass is 16.5. The highest BCUT2D eigenvalue weighted by Gasteiger charge is 2.14. The van der Waals surface area contributed by atoms with Gasteiger partial charge in [0.05, 0.1) is 11.3 Å². The van der Waals surface area contributed by atoms with Gasteiger partial charge in [-0.2, -0.15) is 0 Å². The van der Waals surface area contributed by atoms with Gasteiger partial charge in [0, 0.05) is 14.1 Å². The summed E-state index contributed by atoms with van der Waals surface area (Å²) in [5.74, 6) is 0.605. The van der Waals surface area contributed by atoms with Gasteiger partial charge in [-0.3, -0.25) is 9.59 Å². The van der Waals surface area contributed by atoms with Crippen LogP contribution in [0.5, 0.6) is 5.75 Å². The van der Waals surface area contributed by atoms with Crippen molar-refractivity contribution in [1.82, 2.24) is 4.90 Å². The number of carbonyl (C=O) groups is 2. The molecule has 2 aromatic carbocycles. The van der Waals surface area contributed by atoms with E-state index in [1.807, 2.05) is 24.3 Å². The van der Waals surface area contributed by atoms with Crippen molar-refractivity contribution in [2.75, 3.05) is 26.0 Å². The van der Waals surface area contributed by atoms with Crippen LogP contribution in [0.2, 0.25) is 0 Å². The summed E-state index contributed by atoms with van der Waals surface area (Å²) in [4.78, 5) is 25.8. The van der Waals surface area contributed by atoms with Crippen molar-refractivity contribution in [3.05, 3.63) is 59.7 Å². The summed E-state index contributed by atoms with van der Waals surface area (Å²) in [5, 5.41) is 2.73. The molecule has 0 bridgehead atoms. The highest BCUT2D eigenvalue weighted by molar-refractivity contribution is 6.03. The molecular formula is C20H24N2O3. The monoisotopic (exact) mass is 340 g/mol. The van der Waals surface area contributed by atoms with E-state index in [-0.39, 0.29) is 18.4 Å². The first kappa shape index (κ1) is 18.5. The Balaban J connectivity index is 1.98. The molecule has 1 N–H and O–H groups in total. The number of rotatable bonds is 6. The second kappa shape index (κ2) is 8.33. The molecule has 0 aliphatic heterocycles. The molecule has 0 aliphatic rings. The van der Waals surface area contributed by atoms with E-state index < -0.39 is 0 Å². The lowest BCUT2D eigenvalue weighted by molar-refractivity contribution is -0.118. The first-order chi connectivity index (χ1) is 11.9. The lowest BCUT2D eigenvalue weighted by Gasteiger charge is -2.15. The average molecular weight is 340 g/mol. The Morgan fingerprint density at radius 2 is 1.68 bits per heavy atom. The molecule has 0 saturated heterocycles. The minimum Gasteiger partial charge on any atom is -0.484 e. The van der Waals surface area contributed by atoms with Crippen LogP contribution < -0.4 is 10.1 Å². The van der Waals surface area contributed by atoms with Crippen LogP contribution in [0.15, 0.2) is 48.5 Å². The lowest BCUT2D eigenvalue weighted by Crippen LogP contribution is -2.25. The second-order valence-corrected chi connectivity index (χ2v) is 6.31. The molecule has 0 atom stereocenters. The summed E-state index contributed by atoms with van der Waals surface area (Å²) in [6.45, 7) is 4.12. The van der Waals surface area contributed by atoms with Crippen LogP contribution in [0, 0.1) is 0 Å². The maximum Gasteiger partial charge on any atom is 0.262 e. The number of ether oxygens (including phenoxy) is 1. The maximum absolute atomic E-state index is 12.2. The first-order valence-corrected chi connectivity index (χ1v) is 8.21. The van der Waals surface area contributed by atoms with E-state index in [0.717, 1.165) is 0 Å². The topological polar surface area (TPSA) is 58.6 Å². The molecule has 0 aliphatic carbocycles. The van der Waals surface area contributed by atoms with Crippen LogP contribution in [-0.4, -0.2) is 37.4 Å². The first-order valence-electron chi connectivity index (χ1n) is 8.21. The van der Waals surface area contributed by atoms with E-state index in [9.17, 15) is 9.59 Å². The number of para-hydroxylation sites is 1. The Morgan fingerprint density at radius 1 is 1.04 bits per heavy atom. The third-order valence-corrected chi connectivity index (χ3v) is 3.75. The van der Waals surface area contributed by atoms with Crippen LogP contribution in [0.4, 0.5) is 5.69 Å². The number of hydrogen-bond acceptors (Lipinski definition) is 3. The Hall–Kier alpha value is -2.82. The molecule has 2 amide bonds. The normalized spacial score (nSPS) is 10.4. The van der Waals surface area contributed by atoms with Crippen molar-refractivity contribution in [1.29, 1.82) is 0 Å². The van der Waals surface area contributed by atoms with Crippen LogP contribution in [-0.2, 0) is 4.79 Å². The predicted octanol–water partition coefficient (Wildman–Crippen LogP) is 3.53.